The molecule has 1 heterocycles. The van der Waals surface area contributed by atoms with Gasteiger partial charge in [-0.15, -0.1) is 11.3 Å². The molecule has 0 atom stereocenters. The molecule has 0 fully saturated rings. The molecule has 0 saturated heterocycles. The first-order valence-corrected chi connectivity index (χ1v) is 7.06. The largest absolute Gasteiger partial charge is 0.135 e. The molecule has 0 saturated carbocycles. The van der Waals surface area contributed by atoms with Crippen molar-refractivity contribution in [2.24, 2.45) is 0 Å². The lowest BCUT2D eigenvalue weighted by Gasteiger charge is -2.01. The Morgan fingerprint density at radius 3 is 1.47 bits per heavy atom. The van der Waals surface area contributed by atoms with Crippen LogP contribution in [-0.2, 0) is 0 Å². The molecular weight excluding hydrogens is 318 g/mol. The zero-order chi connectivity index (χ0) is 12.2. The van der Waals surface area contributed by atoms with Crippen molar-refractivity contribution in [3.8, 4) is 0 Å². The summed E-state index contributed by atoms with van der Waals surface area (Å²) in [6.45, 7) is 0. The highest BCUT2D eigenvalue weighted by molar-refractivity contribution is 7.26. The van der Waals surface area contributed by atoms with Gasteiger partial charge in [0.2, 0.25) is 0 Å². The third kappa shape index (κ3) is 1.73. The van der Waals surface area contributed by atoms with Crippen LogP contribution in [0.1, 0.15) is 0 Å². The topological polar surface area (TPSA) is 0 Å². The van der Waals surface area contributed by atoms with E-state index in [9.17, 15) is 0 Å². The van der Waals surface area contributed by atoms with E-state index in [1.807, 2.05) is 12.1 Å². The molecule has 17 heavy (non-hydrogen) atoms. The molecule has 3 aromatic rings. The quantitative estimate of drug-likeness (QED) is 0.434. The average Bonchev–Trinajstić information content (AvgIpc) is 2.69. The molecule has 0 spiro atoms. The van der Waals surface area contributed by atoms with E-state index in [4.69, 9.17) is 46.4 Å². The monoisotopic (exact) mass is 320 g/mol. The van der Waals surface area contributed by atoms with Gasteiger partial charge in [-0.3, -0.25) is 0 Å². The van der Waals surface area contributed by atoms with Crippen LogP contribution >= 0.6 is 57.7 Å². The number of fused-ring (bicyclic) bond motifs is 3. The van der Waals surface area contributed by atoms with Gasteiger partial charge < -0.3 is 0 Å². The summed E-state index contributed by atoms with van der Waals surface area (Å²) in [6.07, 6.45) is 0. The molecule has 0 aliphatic carbocycles. The van der Waals surface area contributed by atoms with Crippen molar-refractivity contribution >= 4 is 77.9 Å². The number of thiophene rings is 1. The fraction of sp³-hybridized carbons (Fsp3) is 0. The summed E-state index contributed by atoms with van der Waals surface area (Å²) < 4.78 is 2.11. The van der Waals surface area contributed by atoms with Crippen molar-refractivity contribution < 1.29 is 0 Å². The highest BCUT2D eigenvalue weighted by Crippen LogP contribution is 2.45. The SMILES string of the molecule is Clc1ccc2sc3ccc(Cl)c(Cl)c3c2c1Cl. The maximum absolute atomic E-state index is 6.24. The first kappa shape index (κ1) is 11.9. The van der Waals surface area contributed by atoms with Crippen LogP contribution in [0, 0.1) is 0 Å². The van der Waals surface area contributed by atoms with E-state index >= 15 is 0 Å². The molecule has 0 radical (unpaired) electrons. The Labute approximate surface area is 122 Å². The smallest absolute Gasteiger partial charge is 0.0685 e. The Morgan fingerprint density at radius 2 is 1.06 bits per heavy atom. The van der Waals surface area contributed by atoms with Crippen molar-refractivity contribution in [2.75, 3.05) is 0 Å². The average molecular weight is 322 g/mol. The lowest BCUT2D eigenvalue weighted by atomic mass is 10.1. The zero-order valence-electron chi connectivity index (χ0n) is 8.23. The fourth-order valence-electron chi connectivity index (χ4n) is 1.82. The van der Waals surface area contributed by atoms with Crippen LogP contribution in [0.5, 0.6) is 0 Å². The summed E-state index contributed by atoms with van der Waals surface area (Å²) in [4.78, 5) is 0. The van der Waals surface area contributed by atoms with Gasteiger partial charge in [0.05, 0.1) is 20.1 Å². The first-order valence-electron chi connectivity index (χ1n) is 4.74. The highest BCUT2D eigenvalue weighted by Gasteiger charge is 2.15. The number of benzene rings is 2. The van der Waals surface area contributed by atoms with Gasteiger partial charge in [0.25, 0.3) is 0 Å². The number of halogens is 4. The summed E-state index contributed by atoms with van der Waals surface area (Å²) in [7, 11) is 0. The van der Waals surface area contributed by atoms with Crippen molar-refractivity contribution in [3.05, 3.63) is 44.4 Å². The Bertz CT molecular complexity index is 683. The molecule has 86 valence electrons. The number of rotatable bonds is 0. The van der Waals surface area contributed by atoms with Gasteiger partial charge in [-0.25, -0.2) is 0 Å². The van der Waals surface area contributed by atoms with Crippen LogP contribution < -0.4 is 0 Å². The predicted octanol–water partition coefficient (Wildman–Crippen LogP) is 6.67. The maximum atomic E-state index is 6.24. The third-order valence-electron chi connectivity index (χ3n) is 2.58. The Balaban J connectivity index is 2.65. The van der Waals surface area contributed by atoms with Crippen molar-refractivity contribution in [2.45, 2.75) is 0 Å². The van der Waals surface area contributed by atoms with Gasteiger partial charge in [-0.1, -0.05) is 46.4 Å². The van der Waals surface area contributed by atoms with Crippen LogP contribution in [0.4, 0.5) is 0 Å². The summed E-state index contributed by atoms with van der Waals surface area (Å²) in [5.41, 5.74) is 0. The molecule has 0 nitrogen and oxygen atoms in total. The van der Waals surface area contributed by atoms with E-state index in [-0.39, 0.29) is 0 Å². The zero-order valence-corrected chi connectivity index (χ0v) is 12.1. The number of hydrogen-bond acceptors (Lipinski definition) is 1. The Morgan fingerprint density at radius 1 is 0.647 bits per heavy atom. The molecule has 2 aromatic carbocycles. The molecule has 3 rings (SSSR count). The summed E-state index contributed by atoms with van der Waals surface area (Å²) in [5.74, 6) is 0. The molecule has 1 aromatic heterocycles. The van der Waals surface area contributed by atoms with Crippen molar-refractivity contribution in [1.29, 1.82) is 0 Å². The second kappa shape index (κ2) is 4.18. The van der Waals surface area contributed by atoms with E-state index in [1.54, 1.807) is 23.5 Å². The van der Waals surface area contributed by atoms with Gasteiger partial charge in [-0.2, -0.15) is 0 Å². The van der Waals surface area contributed by atoms with Crippen LogP contribution in [0.15, 0.2) is 24.3 Å². The predicted molar refractivity (Wildman–Crippen MR) is 79.4 cm³/mol. The van der Waals surface area contributed by atoms with Crippen LogP contribution in [0.25, 0.3) is 20.2 Å². The van der Waals surface area contributed by atoms with E-state index in [1.165, 1.54) is 0 Å². The molecule has 0 amide bonds. The molecule has 0 N–H and O–H groups in total. The van der Waals surface area contributed by atoms with E-state index in [2.05, 4.69) is 0 Å². The van der Waals surface area contributed by atoms with Crippen molar-refractivity contribution in [1.82, 2.24) is 0 Å². The molecule has 0 unspecified atom stereocenters. The van der Waals surface area contributed by atoms with Crippen LogP contribution in [0.3, 0.4) is 0 Å². The lowest BCUT2D eigenvalue weighted by molar-refractivity contribution is 1.82. The first-order chi connectivity index (χ1) is 8.09. The van der Waals surface area contributed by atoms with Gasteiger partial charge in [0.1, 0.15) is 0 Å². The molecule has 0 aliphatic rings. The Hall–Kier alpha value is -0.180. The van der Waals surface area contributed by atoms with E-state index in [0.29, 0.717) is 20.1 Å². The van der Waals surface area contributed by atoms with Crippen LogP contribution in [0.2, 0.25) is 20.1 Å². The Kier molecular flexibility index (Phi) is 2.92. The third-order valence-corrected chi connectivity index (χ3v) is 5.31. The van der Waals surface area contributed by atoms with Crippen LogP contribution in [-0.4, -0.2) is 0 Å². The minimum atomic E-state index is 0.523. The highest BCUT2D eigenvalue weighted by atomic mass is 35.5. The second-order valence-electron chi connectivity index (χ2n) is 3.57. The minimum Gasteiger partial charge on any atom is -0.135 e. The fourth-order valence-corrected chi connectivity index (χ4v) is 3.89. The number of hydrogen-bond donors (Lipinski definition) is 0. The minimum absolute atomic E-state index is 0.523. The molecule has 5 heteroatoms. The van der Waals surface area contributed by atoms with Gasteiger partial charge >= 0.3 is 0 Å². The van der Waals surface area contributed by atoms with Gasteiger partial charge in [-0.05, 0) is 24.3 Å². The van der Waals surface area contributed by atoms with Gasteiger partial charge in [0, 0.05) is 20.2 Å². The summed E-state index contributed by atoms with van der Waals surface area (Å²) in [6, 6.07) is 7.46. The molecule has 0 aliphatic heterocycles. The van der Waals surface area contributed by atoms with E-state index < -0.39 is 0 Å². The molecular formula is C12H4Cl4S. The summed E-state index contributed by atoms with van der Waals surface area (Å²) in [5, 5.41) is 3.86. The molecule has 0 bridgehead atoms. The summed E-state index contributed by atoms with van der Waals surface area (Å²) >= 11 is 26.2. The lowest BCUT2D eigenvalue weighted by Crippen LogP contribution is -1.74. The maximum Gasteiger partial charge on any atom is 0.0685 e. The second-order valence-corrected chi connectivity index (χ2v) is 6.23. The van der Waals surface area contributed by atoms with Gasteiger partial charge in [0.15, 0.2) is 0 Å². The van der Waals surface area contributed by atoms with E-state index in [0.717, 1.165) is 20.2 Å². The van der Waals surface area contributed by atoms with Crippen molar-refractivity contribution in [3.63, 3.8) is 0 Å². The standard InChI is InChI=1S/C12H4Cl4S/c13-5-1-3-7-9(11(5)15)10-8(17-7)4-2-6(14)12(10)16/h1-4H. The normalized spacial score (nSPS) is 11.5.